The van der Waals surface area contributed by atoms with Crippen LogP contribution in [0.15, 0.2) is 42.5 Å². The maximum Gasteiger partial charge on any atom is 0.181 e. The van der Waals surface area contributed by atoms with Crippen molar-refractivity contribution in [2.45, 2.75) is 13.5 Å². The van der Waals surface area contributed by atoms with Crippen molar-refractivity contribution in [3.05, 3.63) is 53.3 Å². The molecule has 6 nitrogen and oxygen atoms in total. The molecule has 0 unspecified atom stereocenters. The second kappa shape index (κ2) is 7.23. The van der Waals surface area contributed by atoms with Crippen LogP contribution in [0.5, 0.6) is 17.2 Å². The van der Waals surface area contributed by atoms with E-state index in [4.69, 9.17) is 21.1 Å². The van der Waals surface area contributed by atoms with E-state index in [9.17, 15) is 5.11 Å². The van der Waals surface area contributed by atoms with E-state index < -0.39 is 0 Å². The average Bonchev–Trinajstić information content (AvgIpc) is 3.05. The van der Waals surface area contributed by atoms with E-state index in [1.54, 1.807) is 42.5 Å². The quantitative estimate of drug-likeness (QED) is 0.710. The lowest BCUT2D eigenvalue weighted by molar-refractivity contribution is 0.296. The molecule has 2 aromatic carbocycles. The fourth-order valence-electron chi connectivity index (χ4n) is 2.10. The number of phenols is 1. The van der Waals surface area contributed by atoms with Crippen molar-refractivity contribution in [2.24, 2.45) is 0 Å². The first-order valence-corrected chi connectivity index (χ1v) is 7.79. The summed E-state index contributed by atoms with van der Waals surface area (Å²) in [6.07, 6.45) is 0. The van der Waals surface area contributed by atoms with Gasteiger partial charge in [-0.25, -0.2) is 4.98 Å². The maximum absolute atomic E-state index is 9.74. The molecule has 1 heterocycles. The van der Waals surface area contributed by atoms with Gasteiger partial charge in [-0.15, -0.1) is 0 Å². The summed E-state index contributed by atoms with van der Waals surface area (Å²) in [5.41, 5.74) is 0.741. The Bertz CT molecular complexity index is 818. The minimum Gasteiger partial charge on any atom is -0.504 e. The molecular weight excluding hydrogens is 330 g/mol. The number of aromatic nitrogens is 3. The Morgan fingerprint density at radius 2 is 1.92 bits per heavy atom. The number of rotatable bonds is 6. The first-order chi connectivity index (χ1) is 11.7. The van der Waals surface area contributed by atoms with Gasteiger partial charge in [0.25, 0.3) is 0 Å². The molecule has 0 aliphatic rings. The number of nitrogens with zero attached hydrogens (tertiary/aromatic N) is 2. The van der Waals surface area contributed by atoms with E-state index in [-0.39, 0.29) is 12.4 Å². The number of hydrogen-bond acceptors (Lipinski definition) is 5. The zero-order chi connectivity index (χ0) is 16.9. The minimum absolute atomic E-state index is 0.0856. The van der Waals surface area contributed by atoms with Gasteiger partial charge in [-0.2, -0.15) is 5.10 Å². The Morgan fingerprint density at radius 1 is 1.12 bits per heavy atom. The molecule has 3 rings (SSSR count). The smallest absolute Gasteiger partial charge is 0.181 e. The molecule has 0 spiro atoms. The molecule has 0 fully saturated rings. The molecule has 0 saturated heterocycles. The van der Waals surface area contributed by atoms with Crippen LogP contribution in [0.1, 0.15) is 12.7 Å². The maximum atomic E-state index is 9.74. The number of halogens is 1. The number of aromatic amines is 1. The normalized spacial score (nSPS) is 10.6. The van der Waals surface area contributed by atoms with E-state index >= 15 is 0 Å². The molecule has 0 atom stereocenters. The number of benzene rings is 2. The van der Waals surface area contributed by atoms with Gasteiger partial charge in [0.05, 0.1) is 6.61 Å². The highest BCUT2D eigenvalue weighted by atomic mass is 35.5. The lowest BCUT2D eigenvalue weighted by atomic mass is 10.2. The Balaban J connectivity index is 1.71. The molecule has 1 aromatic heterocycles. The summed E-state index contributed by atoms with van der Waals surface area (Å²) in [6, 6.07) is 12.1. The van der Waals surface area contributed by atoms with Gasteiger partial charge >= 0.3 is 0 Å². The fraction of sp³-hybridized carbons (Fsp3) is 0.176. The summed E-state index contributed by atoms with van der Waals surface area (Å²) in [5.74, 6) is 2.28. The second-order valence-corrected chi connectivity index (χ2v) is 5.40. The highest BCUT2D eigenvalue weighted by molar-refractivity contribution is 6.30. The summed E-state index contributed by atoms with van der Waals surface area (Å²) in [7, 11) is 0. The zero-order valence-electron chi connectivity index (χ0n) is 13.0. The predicted octanol–water partition coefficient (Wildman–Crippen LogP) is 3.81. The average molecular weight is 346 g/mol. The Kier molecular flexibility index (Phi) is 4.86. The van der Waals surface area contributed by atoms with E-state index in [1.807, 2.05) is 6.92 Å². The monoisotopic (exact) mass is 345 g/mol. The van der Waals surface area contributed by atoms with Crippen LogP contribution in [0.3, 0.4) is 0 Å². The third kappa shape index (κ3) is 3.78. The molecule has 124 valence electrons. The van der Waals surface area contributed by atoms with Crippen molar-refractivity contribution in [3.63, 3.8) is 0 Å². The molecule has 24 heavy (non-hydrogen) atoms. The van der Waals surface area contributed by atoms with Gasteiger partial charge in [0.1, 0.15) is 12.4 Å². The Morgan fingerprint density at radius 3 is 2.67 bits per heavy atom. The van der Waals surface area contributed by atoms with Gasteiger partial charge in [0.15, 0.2) is 23.1 Å². The van der Waals surface area contributed by atoms with Gasteiger partial charge in [0, 0.05) is 10.6 Å². The number of phenolic OH excluding ortho intramolecular Hbond substituents is 1. The number of H-pyrrole nitrogens is 1. The highest BCUT2D eigenvalue weighted by Gasteiger charge is 2.10. The fourth-order valence-corrected chi connectivity index (χ4v) is 2.22. The summed E-state index contributed by atoms with van der Waals surface area (Å²) in [6.45, 7) is 2.57. The molecule has 0 radical (unpaired) electrons. The number of hydrogen-bond donors (Lipinski definition) is 2. The van der Waals surface area contributed by atoms with Gasteiger partial charge in [-0.1, -0.05) is 11.6 Å². The summed E-state index contributed by atoms with van der Waals surface area (Å²) >= 11 is 5.83. The van der Waals surface area contributed by atoms with Crippen LogP contribution in [0, 0.1) is 0 Å². The van der Waals surface area contributed by atoms with Crippen molar-refractivity contribution < 1.29 is 14.6 Å². The first kappa shape index (κ1) is 16.1. The van der Waals surface area contributed by atoms with Crippen LogP contribution in [0.4, 0.5) is 0 Å². The summed E-state index contributed by atoms with van der Waals surface area (Å²) in [4.78, 5) is 4.39. The van der Waals surface area contributed by atoms with Crippen molar-refractivity contribution in [2.75, 3.05) is 6.61 Å². The van der Waals surface area contributed by atoms with E-state index in [1.165, 1.54) is 0 Å². The van der Waals surface area contributed by atoms with Crippen LogP contribution in [0.25, 0.3) is 11.4 Å². The molecule has 0 aliphatic heterocycles. The third-order valence-electron chi connectivity index (χ3n) is 3.24. The van der Waals surface area contributed by atoms with Gasteiger partial charge in [-0.3, -0.25) is 5.10 Å². The molecule has 7 heteroatoms. The van der Waals surface area contributed by atoms with E-state index in [0.29, 0.717) is 34.8 Å². The standard InChI is InChI=1S/C17H16ClN3O3/c1-2-23-15-9-11(3-8-14(15)22)17-19-16(20-21-17)10-24-13-6-4-12(18)5-7-13/h3-9,22H,2,10H2,1H3,(H,19,20,21). The number of ether oxygens (including phenoxy) is 2. The van der Waals surface area contributed by atoms with Crippen molar-refractivity contribution in [1.82, 2.24) is 15.2 Å². The van der Waals surface area contributed by atoms with E-state index in [0.717, 1.165) is 5.56 Å². The Hall–Kier alpha value is -2.73. The van der Waals surface area contributed by atoms with Crippen molar-refractivity contribution in [1.29, 1.82) is 0 Å². The van der Waals surface area contributed by atoms with Gasteiger partial charge < -0.3 is 14.6 Å². The lowest BCUT2D eigenvalue weighted by Crippen LogP contribution is -1.97. The summed E-state index contributed by atoms with van der Waals surface area (Å²) < 4.78 is 11.0. The largest absolute Gasteiger partial charge is 0.504 e. The second-order valence-electron chi connectivity index (χ2n) is 4.96. The highest BCUT2D eigenvalue weighted by Crippen LogP contribution is 2.30. The molecule has 2 N–H and O–H groups in total. The molecule has 0 aliphatic carbocycles. The third-order valence-corrected chi connectivity index (χ3v) is 3.49. The molecule has 0 amide bonds. The molecule has 0 saturated carbocycles. The van der Waals surface area contributed by atoms with Crippen LogP contribution in [0.2, 0.25) is 5.02 Å². The topological polar surface area (TPSA) is 80.3 Å². The molecule has 3 aromatic rings. The molecule has 0 bridgehead atoms. The number of aromatic hydroxyl groups is 1. The predicted molar refractivity (Wildman–Crippen MR) is 90.4 cm³/mol. The van der Waals surface area contributed by atoms with E-state index in [2.05, 4.69) is 15.2 Å². The minimum atomic E-state index is 0.0856. The molecular formula is C17H16ClN3O3. The zero-order valence-corrected chi connectivity index (χ0v) is 13.7. The van der Waals surface area contributed by atoms with Crippen LogP contribution < -0.4 is 9.47 Å². The van der Waals surface area contributed by atoms with Gasteiger partial charge in [-0.05, 0) is 49.4 Å². The number of nitrogens with one attached hydrogen (secondary N) is 1. The lowest BCUT2D eigenvalue weighted by Gasteiger charge is -2.06. The first-order valence-electron chi connectivity index (χ1n) is 7.41. The van der Waals surface area contributed by atoms with Crippen molar-refractivity contribution in [3.8, 4) is 28.6 Å². The van der Waals surface area contributed by atoms with Crippen LogP contribution in [-0.4, -0.2) is 26.9 Å². The Labute approximate surface area is 144 Å². The van der Waals surface area contributed by atoms with Gasteiger partial charge in [0.2, 0.25) is 0 Å². The van der Waals surface area contributed by atoms with Crippen LogP contribution >= 0.6 is 11.6 Å². The van der Waals surface area contributed by atoms with Crippen molar-refractivity contribution >= 4 is 11.6 Å². The summed E-state index contributed by atoms with van der Waals surface area (Å²) in [5, 5.41) is 17.4. The SMILES string of the molecule is CCOc1cc(-c2n[nH]c(COc3ccc(Cl)cc3)n2)ccc1O. The van der Waals surface area contributed by atoms with Crippen LogP contribution in [-0.2, 0) is 6.61 Å².